The second-order valence-corrected chi connectivity index (χ2v) is 8.20. The molecule has 3 aromatic carbocycles. The lowest BCUT2D eigenvalue weighted by Crippen LogP contribution is -2.11. The number of benzene rings is 3. The lowest BCUT2D eigenvalue weighted by atomic mass is 10.1. The van der Waals surface area contributed by atoms with E-state index in [4.69, 9.17) is 9.56 Å². The second-order valence-electron chi connectivity index (χ2n) is 6.64. The summed E-state index contributed by atoms with van der Waals surface area (Å²) in [6, 6.07) is 18.3. The van der Waals surface area contributed by atoms with Gasteiger partial charge in [-0.3, -0.25) is 0 Å². The first kappa shape index (κ1) is 19.9. The molecule has 0 spiro atoms. The van der Waals surface area contributed by atoms with Crippen LogP contribution < -0.4 is 5.14 Å². The van der Waals surface area contributed by atoms with E-state index < -0.39 is 21.7 Å². The van der Waals surface area contributed by atoms with E-state index in [1.54, 1.807) is 0 Å². The van der Waals surface area contributed by atoms with E-state index in [-0.39, 0.29) is 16.2 Å². The Morgan fingerprint density at radius 2 is 1.63 bits per heavy atom. The number of aromatic nitrogens is 1. The van der Waals surface area contributed by atoms with Gasteiger partial charge in [-0.2, -0.15) is 0 Å². The summed E-state index contributed by atoms with van der Waals surface area (Å²) in [6.07, 6.45) is 0.367. The fraction of sp³-hybridized carbons (Fsp3) is 0.0455. The number of nitrogens with two attached hydrogens (primary N) is 1. The third-order valence-corrected chi connectivity index (χ3v) is 5.43. The van der Waals surface area contributed by atoms with Gasteiger partial charge in [-0.05, 0) is 29.8 Å². The van der Waals surface area contributed by atoms with Crippen molar-refractivity contribution < 1.29 is 21.6 Å². The van der Waals surface area contributed by atoms with E-state index in [1.165, 1.54) is 30.3 Å². The van der Waals surface area contributed by atoms with Crippen molar-refractivity contribution in [3.63, 3.8) is 0 Å². The van der Waals surface area contributed by atoms with Crippen LogP contribution in [0.4, 0.5) is 8.78 Å². The first-order valence-corrected chi connectivity index (χ1v) is 10.5. The predicted molar refractivity (Wildman–Crippen MR) is 108 cm³/mol. The zero-order valence-electron chi connectivity index (χ0n) is 15.5. The molecule has 1 heterocycles. The average molecular weight is 426 g/mol. The van der Waals surface area contributed by atoms with Crippen molar-refractivity contribution in [1.29, 1.82) is 0 Å². The van der Waals surface area contributed by atoms with Gasteiger partial charge in [-0.25, -0.2) is 27.3 Å². The Bertz CT molecular complexity index is 1300. The number of primary sulfonamides is 1. The van der Waals surface area contributed by atoms with Crippen molar-refractivity contribution in [1.82, 2.24) is 4.98 Å². The highest BCUT2D eigenvalue weighted by atomic mass is 32.2. The summed E-state index contributed by atoms with van der Waals surface area (Å²) in [4.78, 5) is 4.44. The maximum Gasteiger partial charge on any atom is 0.238 e. The topological polar surface area (TPSA) is 86.2 Å². The molecule has 4 rings (SSSR count). The third-order valence-electron chi connectivity index (χ3n) is 4.50. The summed E-state index contributed by atoms with van der Waals surface area (Å²) < 4.78 is 56.7. The van der Waals surface area contributed by atoms with E-state index in [9.17, 15) is 17.2 Å². The van der Waals surface area contributed by atoms with Gasteiger partial charge in [0, 0.05) is 18.1 Å². The second kappa shape index (κ2) is 7.81. The van der Waals surface area contributed by atoms with E-state index >= 15 is 0 Å². The largest absolute Gasteiger partial charge is 0.440 e. The number of rotatable bonds is 5. The van der Waals surface area contributed by atoms with Crippen LogP contribution in [0.25, 0.3) is 22.6 Å². The molecule has 0 amide bonds. The Hall–Kier alpha value is -3.36. The molecule has 2 N–H and O–H groups in total. The van der Waals surface area contributed by atoms with Crippen LogP contribution >= 0.6 is 0 Å². The summed E-state index contributed by atoms with van der Waals surface area (Å²) >= 11 is 0. The Kier molecular flexibility index (Phi) is 5.19. The molecular formula is C22H16F2N2O3S. The molecule has 30 heavy (non-hydrogen) atoms. The van der Waals surface area contributed by atoms with Crippen molar-refractivity contribution in [2.45, 2.75) is 11.3 Å². The molecule has 8 heteroatoms. The van der Waals surface area contributed by atoms with E-state index in [2.05, 4.69) is 4.98 Å². The van der Waals surface area contributed by atoms with Crippen molar-refractivity contribution in [2.24, 2.45) is 5.14 Å². The highest BCUT2D eigenvalue weighted by Gasteiger charge is 2.21. The van der Waals surface area contributed by atoms with Crippen molar-refractivity contribution in [2.75, 3.05) is 0 Å². The monoisotopic (exact) mass is 426 g/mol. The summed E-state index contributed by atoms with van der Waals surface area (Å²) in [7, 11) is -3.86. The molecule has 152 valence electrons. The molecule has 4 aromatic rings. The number of halogens is 2. The maximum absolute atomic E-state index is 14.5. The number of hydrogen-bond donors (Lipinski definition) is 1. The highest BCUT2D eigenvalue weighted by molar-refractivity contribution is 7.89. The summed E-state index contributed by atoms with van der Waals surface area (Å²) in [6.45, 7) is 0. The van der Waals surface area contributed by atoms with Gasteiger partial charge in [0.05, 0.1) is 10.5 Å². The lowest BCUT2D eigenvalue weighted by Gasteiger charge is -2.04. The molecule has 0 fully saturated rings. The first-order chi connectivity index (χ1) is 14.3. The summed E-state index contributed by atoms with van der Waals surface area (Å²) in [5.74, 6) is -1.04. The van der Waals surface area contributed by atoms with Gasteiger partial charge < -0.3 is 4.42 Å². The van der Waals surface area contributed by atoms with Crippen LogP contribution in [0.1, 0.15) is 11.5 Å². The van der Waals surface area contributed by atoms with Crippen LogP contribution in [-0.4, -0.2) is 13.4 Å². The molecule has 0 radical (unpaired) electrons. The Morgan fingerprint density at radius 3 is 2.27 bits per heavy atom. The minimum atomic E-state index is -3.86. The lowest BCUT2D eigenvalue weighted by molar-refractivity contribution is 0.513. The van der Waals surface area contributed by atoms with E-state index in [0.717, 1.165) is 17.7 Å². The summed E-state index contributed by atoms with van der Waals surface area (Å²) in [5.41, 5.74) is 1.81. The van der Waals surface area contributed by atoms with Crippen LogP contribution in [0, 0.1) is 11.6 Å². The molecule has 0 aliphatic heterocycles. The molecule has 0 aliphatic carbocycles. The van der Waals surface area contributed by atoms with Crippen LogP contribution in [0.3, 0.4) is 0 Å². The minimum Gasteiger partial charge on any atom is -0.440 e. The van der Waals surface area contributed by atoms with Gasteiger partial charge >= 0.3 is 0 Å². The Labute approximate surface area is 171 Å². The fourth-order valence-corrected chi connectivity index (χ4v) is 3.58. The Morgan fingerprint density at radius 1 is 0.933 bits per heavy atom. The maximum atomic E-state index is 14.5. The molecule has 0 saturated heterocycles. The standard InChI is InChI=1S/C22H16F2N2O3S/c23-16-8-11-18(19(24)13-16)22-21(15-6-9-17(10-7-15)30(25,27)28)26-20(29-22)12-14-4-2-1-3-5-14/h1-11,13H,12H2,(H2,25,27,28). The van der Waals surface area contributed by atoms with Crippen LogP contribution in [-0.2, 0) is 16.4 Å². The fourth-order valence-electron chi connectivity index (χ4n) is 3.06. The number of oxazole rings is 1. The number of hydrogen-bond acceptors (Lipinski definition) is 4. The molecule has 0 saturated carbocycles. The summed E-state index contributed by atoms with van der Waals surface area (Å²) in [5, 5.41) is 5.14. The molecule has 0 aliphatic rings. The number of sulfonamides is 1. The van der Waals surface area contributed by atoms with Crippen LogP contribution in [0.5, 0.6) is 0 Å². The van der Waals surface area contributed by atoms with Gasteiger partial charge in [0.15, 0.2) is 11.7 Å². The molecule has 0 bridgehead atoms. The molecule has 5 nitrogen and oxygen atoms in total. The normalized spacial score (nSPS) is 11.6. The average Bonchev–Trinajstić information content (AvgIpc) is 3.11. The SMILES string of the molecule is NS(=O)(=O)c1ccc(-c2nc(Cc3ccccc3)oc2-c2ccc(F)cc2F)cc1. The minimum absolute atomic E-state index is 0.0498. The third kappa shape index (κ3) is 4.14. The van der Waals surface area contributed by atoms with Gasteiger partial charge in [0.25, 0.3) is 0 Å². The van der Waals surface area contributed by atoms with Crippen LogP contribution in [0.2, 0.25) is 0 Å². The predicted octanol–water partition coefficient (Wildman–Crippen LogP) is 4.53. The van der Waals surface area contributed by atoms with Gasteiger partial charge in [0.1, 0.15) is 17.3 Å². The van der Waals surface area contributed by atoms with E-state index in [0.29, 0.717) is 23.6 Å². The smallest absolute Gasteiger partial charge is 0.238 e. The van der Waals surface area contributed by atoms with Crippen molar-refractivity contribution >= 4 is 10.0 Å². The zero-order chi connectivity index (χ0) is 21.3. The quantitative estimate of drug-likeness (QED) is 0.508. The molecular weight excluding hydrogens is 410 g/mol. The highest BCUT2D eigenvalue weighted by Crippen LogP contribution is 2.35. The number of nitrogens with zero attached hydrogens (tertiary/aromatic N) is 1. The molecule has 1 aromatic heterocycles. The van der Waals surface area contributed by atoms with Gasteiger partial charge in [0.2, 0.25) is 10.0 Å². The first-order valence-electron chi connectivity index (χ1n) is 8.93. The van der Waals surface area contributed by atoms with Crippen molar-refractivity contribution in [3.05, 3.63) is 95.9 Å². The van der Waals surface area contributed by atoms with Gasteiger partial charge in [-0.1, -0.05) is 42.5 Å². The zero-order valence-corrected chi connectivity index (χ0v) is 16.4. The Balaban J connectivity index is 1.83. The van der Waals surface area contributed by atoms with Crippen LogP contribution in [0.15, 0.2) is 82.1 Å². The van der Waals surface area contributed by atoms with Gasteiger partial charge in [-0.15, -0.1) is 0 Å². The molecule has 0 atom stereocenters. The van der Waals surface area contributed by atoms with Crippen molar-refractivity contribution in [3.8, 4) is 22.6 Å². The van der Waals surface area contributed by atoms with E-state index in [1.807, 2.05) is 30.3 Å². The molecule has 0 unspecified atom stereocenters.